The Hall–Kier alpha value is -3.26. The molecule has 0 aliphatic carbocycles. The van der Waals surface area contributed by atoms with Gasteiger partial charge in [-0.25, -0.2) is 0 Å². The molecule has 2 amide bonds. The Morgan fingerprint density at radius 2 is 1.65 bits per heavy atom. The van der Waals surface area contributed by atoms with Gasteiger partial charge in [0.1, 0.15) is 12.4 Å². The summed E-state index contributed by atoms with van der Waals surface area (Å²) >= 11 is 0.620. The molecule has 1 aliphatic rings. The van der Waals surface area contributed by atoms with Crippen molar-refractivity contribution in [3.05, 3.63) is 82.8 Å². The van der Waals surface area contributed by atoms with Crippen LogP contribution in [0.25, 0.3) is 16.8 Å². The topological polar surface area (TPSA) is 46.6 Å². The van der Waals surface area contributed by atoms with Crippen molar-refractivity contribution in [1.82, 2.24) is 4.90 Å². The number of rotatable bonds is 5. The molecule has 0 spiro atoms. The van der Waals surface area contributed by atoms with Gasteiger partial charge in [0.25, 0.3) is 11.1 Å². The van der Waals surface area contributed by atoms with Gasteiger partial charge in [-0.2, -0.15) is 13.2 Å². The van der Waals surface area contributed by atoms with E-state index in [1.165, 1.54) is 18.2 Å². The van der Waals surface area contributed by atoms with Crippen molar-refractivity contribution in [2.45, 2.75) is 6.18 Å². The molecule has 4 rings (SSSR count). The van der Waals surface area contributed by atoms with Crippen LogP contribution in [-0.4, -0.2) is 29.2 Å². The SMILES string of the molecule is O=C1S/C(=C\c2ccccc2C(F)(F)F)C(=O)N1CCOc1cccc2ccccc12. The van der Waals surface area contributed by atoms with Gasteiger partial charge in [-0.3, -0.25) is 14.5 Å². The monoisotopic (exact) mass is 443 g/mol. The number of alkyl halides is 3. The molecule has 3 aromatic carbocycles. The lowest BCUT2D eigenvalue weighted by Gasteiger charge is -2.14. The largest absolute Gasteiger partial charge is 0.491 e. The van der Waals surface area contributed by atoms with E-state index >= 15 is 0 Å². The molecule has 1 fully saturated rings. The number of fused-ring (bicyclic) bond motifs is 1. The fourth-order valence-corrected chi connectivity index (χ4v) is 4.14. The van der Waals surface area contributed by atoms with Crippen molar-refractivity contribution in [3.63, 3.8) is 0 Å². The van der Waals surface area contributed by atoms with Crippen LogP contribution in [-0.2, 0) is 11.0 Å². The smallest absolute Gasteiger partial charge is 0.416 e. The van der Waals surface area contributed by atoms with Crippen LogP contribution in [0, 0.1) is 0 Å². The number of halogens is 3. The van der Waals surface area contributed by atoms with Crippen molar-refractivity contribution in [2.75, 3.05) is 13.2 Å². The molecule has 1 aliphatic heterocycles. The van der Waals surface area contributed by atoms with E-state index in [4.69, 9.17) is 4.74 Å². The highest BCUT2D eigenvalue weighted by Crippen LogP contribution is 2.36. The first-order valence-electron chi connectivity index (χ1n) is 9.37. The Labute approximate surface area is 180 Å². The Bertz CT molecular complexity index is 1180. The van der Waals surface area contributed by atoms with Gasteiger partial charge in [0.2, 0.25) is 0 Å². The maximum Gasteiger partial charge on any atom is 0.416 e. The van der Waals surface area contributed by atoms with Crippen LogP contribution < -0.4 is 4.74 Å². The summed E-state index contributed by atoms with van der Waals surface area (Å²) in [6.45, 7) is 0.0601. The molecule has 158 valence electrons. The van der Waals surface area contributed by atoms with Crippen LogP contribution in [0.4, 0.5) is 18.0 Å². The highest BCUT2D eigenvalue weighted by atomic mass is 32.2. The summed E-state index contributed by atoms with van der Waals surface area (Å²) in [4.78, 5) is 25.8. The second kappa shape index (κ2) is 8.47. The summed E-state index contributed by atoms with van der Waals surface area (Å²) in [6.07, 6.45) is -3.45. The van der Waals surface area contributed by atoms with Crippen LogP contribution in [0.2, 0.25) is 0 Å². The maximum atomic E-state index is 13.2. The van der Waals surface area contributed by atoms with Gasteiger partial charge in [-0.05, 0) is 40.9 Å². The number of benzene rings is 3. The Balaban J connectivity index is 1.48. The minimum atomic E-state index is -4.56. The minimum absolute atomic E-state index is 0.00779. The molecule has 1 heterocycles. The number of amides is 2. The van der Waals surface area contributed by atoms with Crippen molar-refractivity contribution >= 4 is 39.8 Å². The second-order valence-corrected chi connectivity index (χ2v) is 7.74. The molecule has 8 heteroatoms. The number of thioether (sulfide) groups is 1. The van der Waals surface area contributed by atoms with E-state index in [0.29, 0.717) is 17.5 Å². The molecule has 0 radical (unpaired) electrons. The third-order valence-electron chi connectivity index (χ3n) is 4.75. The number of nitrogens with zero attached hydrogens (tertiary/aromatic N) is 1. The van der Waals surface area contributed by atoms with E-state index in [9.17, 15) is 22.8 Å². The van der Waals surface area contributed by atoms with E-state index in [2.05, 4.69) is 0 Å². The van der Waals surface area contributed by atoms with Gasteiger partial charge in [-0.15, -0.1) is 0 Å². The Morgan fingerprint density at radius 1 is 0.935 bits per heavy atom. The van der Waals surface area contributed by atoms with Gasteiger partial charge in [0.15, 0.2) is 0 Å². The molecule has 0 unspecified atom stereocenters. The van der Waals surface area contributed by atoms with Gasteiger partial charge >= 0.3 is 6.18 Å². The third kappa shape index (κ3) is 4.44. The molecule has 1 saturated heterocycles. The van der Waals surface area contributed by atoms with Crippen molar-refractivity contribution in [3.8, 4) is 5.75 Å². The standard InChI is InChI=1S/C23H16F3NO3S/c24-23(25,26)18-10-4-2-7-16(18)14-20-21(28)27(22(29)31-20)12-13-30-19-11-5-8-15-6-1-3-9-17(15)19/h1-11,14H,12-13H2/b20-14-. The summed E-state index contributed by atoms with van der Waals surface area (Å²) < 4.78 is 45.4. The normalized spacial score (nSPS) is 15.8. The average Bonchev–Trinajstić information content (AvgIpc) is 3.01. The third-order valence-corrected chi connectivity index (χ3v) is 5.66. The number of hydrogen-bond acceptors (Lipinski definition) is 4. The number of carbonyl (C=O) groups excluding carboxylic acids is 2. The minimum Gasteiger partial charge on any atom is -0.491 e. The van der Waals surface area contributed by atoms with Crippen LogP contribution in [0.15, 0.2) is 71.6 Å². The highest BCUT2D eigenvalue weighted by Gasteiger charge is 2.37. The molecule has 0 bridgehead atoms. The summed E-state index contributed by atoms with van der Waals surface area (Å²) in [6, 6.07) is 18.2. The zero-order valence-electron chi connectivity index (χ0n) is 16.1. The van der Waals surface area contributed by atoms with Crippen LogP contribution in [0.1, 0.15) is 11.1 Å². The lowest BCUT2D eigenvalue weighted by atomic mass is 10.1. The number of hydrogen-bond donors (Lipinski definition) is 0. The van der Waals surface area contributed by atoms with Crippen LogP contribution in [0.5, 0.6) is 5.75 Å². The second-order valence-electron chi connectivity index (χ2n) is 6.74. The van der Waals surface area contributed by atoms with Crippen molar-refractivity contribution in [1.29, 1.82) is 0 Å². The zero-order chi connectivity index (χ0) is 22.0. The molecule has 4 nitrogen and oxygen atoms in total. The van der Waals surface area contributed by atoms with Gasteiger partial charge in [-0.1, -0.05) is 54.6 Å². The quantitative estimate of drug-likeness (QED) is 0.456. The van der Waals surface area contributed by atoms with Gasteiger partial charge in [0, 0.05) is 5.39 Å². The Kier molecular flexibility index (Phi) is 5.73. The molecule has 0 aromatic heterocycles. The highest BCUT2D eigenvalue weighted by molar-refractivity contribution is 8.18. The summed E-state index contributed by atoms with van der Waals surface area (Å²) in [7, 11) is 0. The molecule has 31 heavy (non-hydrogen) atoms. The first-order valence-corrected chi connectivity index (χ1v) is 10.2. The number of carbonyl (C=O) groups is 2. The van der Waals surface area contributed by atoms with Crippen molar-refractivity contribution < 1.29 is 27.5 Å². The lowest BCUT2D eigenvalue weighted by Crippen LogP contribution is -2.32. The summed E-state index contributed by atoms with van der Waals surface area (Å²) in [5.74, 6) is -0.00628. The van der Waals surface area contributed by atoms with E-state index in [1.54, 1.807) is 6.07 Å². The molecule has 0 N–H and O–H groups in total. The first kappa shape index (κ1) is 21.0. The van der Waals surface area contributed by atoms with E-state index < -0.39 is 22.9 Å². The average molecular weight is 443 g/mol. The fourth-order valence-electron chi connectivity index (χ4n) is 3.28. The lowest BCUT2D eigenvalue weighted by molar-refractivity contribution is -0.137. The summed E-state index contributed by atoms with van der Waals surface area (Å²) in [5.41, 5.74) is -1.02. The fraction of sp³-hybridized carbons (Fsp3) is 0.130. The molecular weight excluding hydrogens is 427 g/mol. The molecule has 3 aromatic rings. The van der Waals surface area contributed by atoms with E-state index in [1.807, 2.05) is 36.4 Å². The van der Waals surface area contributed by atoms with Crippen LogP contribution >= 0.6 is 11.8 Å². The maximum absolute atomic E-state index is 13.2. The predicted molar refractivity (Wildman–Crippen MR) is 114 cm³/mol. The van der Waals surface area contributed by atoms with E-state index in [-0.39, 0.29) is 23.6 Å². The first-order chi connectivity index (χ1) is 14.8. The summed E-state index contributed by atoms with van der Waals surface area (Å²) in [5, 5.41) is 1.36. The Morgan fingerprint density at radius 3 is 2.45 bits per heavy atom. The van der Waals surface area contributed by atoms with Crippen molar-refractivity contribution in [2.24, 2.45) is 0 Å². The van der Waals surface area contributed by atoms with Crippen LogP contribution in [0.3, 0.4) is 0 Å². The zero-order valence-corrected chi connectivity index (χ0v) is 16.9. The number of ether oxygens (including phenoxy) is 1. The molecule has 0 saturated carbocycles. The van der Waals surface area contributed by atoms with E-state index in [0.717, 1.165) is 27.8 Å². The molecule has 0 atom stereocenters. The predicted octanol–water partition coefficient (Wildman–Crippen LogP) is 5.97. The molecular formula is C23H16F3NO3S. The van der Waals surface area contributed by atoms with Gasteiger partial charge in [0.05, 0.1) is 17.0 Å². The number of imide groups is 1. The van der Waals surface area contributed by atoms with Gasteiger partial charge < -0.3 is 4.74 Å².